The summed E-state index contributed by atoms with van der Waals surface area (Å²) in [5.41, 5.74) is 1.35. The van der Waals surface area contributed by atoms with Gasteiger partial charge in [-0.25, -0.2) is 0 Å². The number of nitrogens with zero attached hydrogens (tertiary/aromatic N) is 2. The molecule has 1 N–H and O–H groups in total. The molecule has 2 atom stereocenters. The molecule has 0 radical (unpaired) electrons. The first-order valence-corrected chi connectivity index (χ1v) is 11.4. The molecule has 7 heteroatoms. The van der Waals surface area contributed by atoms with Crippen LogP contribution in [0.1, 0.15) is 43.7 Å². The Balaban J connectivity index is 1.73. The maximum absolute atomic E-state index is 13.6. The third-order valence-corrected chi connectivity index (χ3v) is 6.77. The van der Waals surface area contributed by atoms with Gasteiger partial charge in [0.05, 0.1) is 5.92 Å². The summed E-state index contributed by atoms with van der Waals surface area (Å²) in [5, 5.41) is 3.18. The van der Waals surface area contributed by atoms with E-state index < -0.39 is 12.0 Å². The summed E-state index contributed by atoms with van der Waals surface area (Å²) in [6.07, 6.45) is 7.60. The Morgan fingerprint density at radius 1 is 1.07 bits per heavy atom. The predicted molar refractivity (Wildman–Crippen MR) is 117 cm³/mol. The third kappa shape index (κ3) is 4.56. The fraction of sp³-hybridized carbons (Fsp3) is 0.391. The van der Waals surface area contributed by atoms with Crippen LogP contribution in [-0.2, 0) is 14.4 Å². The van der Waals surface area contributed by atoms with Crippen LogP contribution in [0.15, 0.2) is 54.9 Å². The minimum absolute atomic E-state index is 0.0252. The number of nitrogens with one attached hydrogen (secondary N) is 1. The number of thioether (sulfide) groups is 1. The van der Waals surface area contributed by atoms with Crippen molar-refractivity contribution in [2.75, 3.05) is 10.7 Å². The van der Waals surface area contributed by atoms with Gasteiger partial charge in [-0.2, -0.15) is 0 Å². The van der Waals surface area contributed by atoms with Crippen LogP contribution in [0, 0.1) is 5.92 Å². The Labute approximate surface area is 180 Å². The maximum Gasteiger partial charge on any atom is 0.248 e. The van der Waals surface area contributed by atoms with Crippen LogP contribution >= 0.6 is 11.8 Å². The molecule has 0 unspecified atom stereocenters. The zero-order chi connectivity index (χ0) is 20.9. The molecule has 0 bridgehead atoms. The molecule has 1 aromatic heterocycles. The lowest BCUT2D eigenvalue weighted by Crippen LogP contribution is -2.48. The van der Waals surface area contributed by atoms with E-state index in [1.807, 2.05) is 30.3 Å². The van der Waals surface area contributed by atoms with E-state index >= 15 is 0 Å². The summed E-state index contributed by atoms with van der Waals surface area (Å²) >= 11 is 1.19. The summed E-state index contributed by atoms with van der Waals surface area (Å²) in [6, 6.07) is 12.1. The summed E-state index contributed by atoms with van der Waals surface area (Å²) in [4.78, 5) is 44.6. The second-order valence-electron chi connectivity index (χ2n) is 7.80. The highest BCUT2D eigenvalue weighted by molar-refractivity contribution is 8.14. The van der Waals surface area contributed by atoms with Gasteiger partial charge < -0.3 is 5.32 Å². The zero-order valence-corrected chi connectivity index (χ0v) is 17.5. The maximum atomic E-state index is 13.6. The topological polar surface area (TPSA) is 79.4 Å². The molecule has 2 fully saturated rings. The number of hydrogen-bond acceptors (Lipinski definition) is 5. The largest absolute Gasteiger partial charge is 0.351 e. The van der Waals surface area contributed by atoms with Crippen LogP contribution in [0.2, 0.25) is 0 Å². The Hall–Kier alpha value is -2.67. The zero-order valence-electron chi connectivity index (χ0n) is 16.7. The Bertz CT molecular complexity index is 900. The Morgan fingerprint density at radius 3 is 2.40 bits per heavy atom. The molecule has 156 valence electrons. The van der Waals surface area contributed by atoms with Crippen LogP contribution in [0.25, 0.3) is 0 Å². The SMILES string of the molecule is O=C1C[C@@H](C(=O)N(c2ccccc2)[C@@H](C(=O)NC2CCCC2)c2ccncc2)CS1. The number of para-hydroxylation sites is 1. The molecule has 1 aliphatic carbocycles. The fourth-order valence-corrected chi connectivity index (χ4v) is 5.14. The van der Waals surface area contributed by atoms with E-state index in [-0.39, 0.29) is 29.4 Å². The molecule has 1 saturated heterocycles. The van der Waals surface area contributed by atoms with Gasteiger partial charge in [0.2, 0.25) is 11.8 Å². The molecule has 2 heterocycles. The quantitative estimate of drug-likeness (QED) is 0.769. The number of hydrogen-bond donors (Lipinski definition) is 1. The van der Waals surface area contributed by atoms with Crippen molar-refractivity contribution in [1.29, 1.82) is 0 Å². The molecular formula is C23H25N3O3S. The lowest BCUT2D eigenvalue weighted by Gasteiger charge is -2.33. The molecule has 2 aromatic rings. The molecular weight excluding hydrogens is 398 g/mol. The van der Waals surface area contributed by atoms with Crippen LogP contribution < -0.4 is 10.2 Å². The van der Waals surface area contributed by atoms with Gasteiger partial charge in [0, 0.05) is 36.3 Å². The van der Waals surface area contributed by atoms with Gasteiger partial charge in [-0.3, -0.25) is 24.3 Å². The number of anilines is 1. The molecule has 2 amide bonds. The molecule has 0 spiro atoms. The highest BCUT2D eigenvalue weighted by Gasteiger charge is 2.39. The highest BCUT2D eigenvalue weighted by Crippen LogP contribution is 2.34. The second kappa shape index (κ2) is 9.43. The third-order valence-electron chi connectivity index (χ3n) is 5.71. The van der Waals surface area contributed by atoms with Gasteiger partial charge in [-0.1, -0.05) is 42.8 Å². The number of amides is 2. The van der Waals surface area contributed by atoms with Crippen molar-refractivity contribution < 1.29 is 14.4 Å². The van der Waals surface area contributed by atoms with Gasteiger partial charge in [0.25, 0.3) is 0 Å². The van der Waals surface area contributed by atoms with Gasteiger partial charge in [-0.15, -0.1) is 0 Å². The van der Waals surface area contributed by atoms with Gasteiger partial charge in [-0.05, 0) is 42.7 Å². The normalized spacial score (nSPS) is 20.1. The molecule has 30 heavy (non-hydrogen) atoms. The van der Waals surface area contributed by atoms with Crippen molar-refractivity contribution in [3.05, 3.63) is 60.4 Å². The van der Waals surface area contributed by atoms with E-state index in [9.17, 15) is 14.4 Å². The van der Waals surface area contributed by atoms with E-state index in [0.29, 0.717) is 17.0 Å². The molecule has 6 nitrogen and oxygen atoms in total. The fourth-order valence-electron chi connectivity index (χ4n) is 4.17. The second-order valence-corrected chi connectivity index (χ2v) is 8.88. The number of aromatic nitrogens is 1. The highest BCUT2D eigenvalue weighted by atomic mass is 32.2. The number of benzene rings is 1. The van der Waals surface area contributed by atoms with Crippen LogP contribution in [0.4, 0.5) is 5.69 Å². The number of rotatable bonds is 6. The first-order valence-electron chi connectivity index (χ1n) is 10.4. The molecule has 2 aliphatic rings. The summed E-state index contributed by atoms with van der Waals surface area (Å²) in [5.74, 6) is -0.356. The standard InChI is InChI=1S/C23H25N3O3S/c27-20-14-17(15-30-20)23(29)26(19-8-2-1-3-9-19)21(16-10-12-24-13-11-16)22(28)25-18-6-4-5-7-18/h1-3,8-13,17-18,21H,4-7,14-15H2,(H,25,28)/t17-,21-/m1/s1. The van der Waals surface area contributed by atoms with E-state index in [1.54, 1.807) is 29.4 Å². The average molecular weight is 424 g/mol. The lowest BCUT2D eigenvalue weighted by atomic mass is 9.99. The van der Waals surface area contributed by atoms with Crippen LogP contribution in [0.3, 0.4) is 0 Å². The predicted octanol–water partition coefficient (Wildman–Crippen LogP) is 3.49. The van der Waals surface area contributed by atoms with E-state index in [0.717, 1.165) is 25.7 Å². The Kier molecular flexibility index (Phi) is 6.47. The van der Waals surface area contributed by atoms with E-state index in [4.69, 9.17) is 0 Å². The average Bonchev–Trinajstić information content (AvgIpc) is 3.44. The van der Waals surface area contributed by atoms with E-state index in [2.05, 4.69) is 10.3 Å². The van der Waals surface area contributed by atoms with Crippen LogP contribution in [-0.4, -0.2) is 33.7 Å². The van der Waals surface area contributed by atoms with Gasteiger partial charge >= 0.3 is 0 Å². The number of carbonyl (C=O) groups is 3. The van der Waals surface area contributed by atoms with Gasteiger partial charge in [0.1, 0.15) is 6.04 Å². The molecule has 1 saturated carbocycles. The minimum Gasteiger partial charge on any atom is -0.351 e. The van der Waals surface area contributed by atoms with Crippen molar-refractivity contribution in [2.45, 2.75) is 44.2 Å². The first kappa shape index (κ1) is 20.6. The Morgan fingerprint density at radius 2 is 1.77 bits per heavy atom. The monoisotopic (exact) mass is 423 g/mol. The summed E-state index contributed by atoms with van der Waals surface area (Å²) in [6.45, 7) is 0. The number of carbonyl (C=O) groups excluding carboxylic acids is 3. The first-order chi connectivity index (χ1) is 14.6. The van der Waals surface area contributed by atoms with E-state index in [1.165, 1.54) is 11.8 Å². The summed E-state index contributed by atoms with van der Waals surface area (Å²) in [7, 11) is 0. The van der Waals surface area contributed by atoms with Crippen LogP contribution in [0.5, 0.6) is 0 Å². The van der Waals surface area contributed by atoms with Crippen molar-refractivity contribution in [1.82, 2.24) is 10.3 Å². The molecule has 1 aliphatic heterocycles. The van der Waals surface area contributed by atoms with Crippen molar-refractivity contribution in [2.24, 2.45) is 5.92 Å². The smallest absolute Gasteiger partial charge is 0.248 e. The summed E-state index contributed by atoms with van der Waals surface area (Å²) < 4.78 is 0. The number of pyridine rings is 1. The van der Waals surface area contributed by atoms with Crippen molar-refractivity contribution in [3.63, 3.8) is 0 Å². The molecule has 1 aromatic carbocycles. The van der Waals surface area contributed by atoms with Crippen molar-refractivity contribution >= 4 is 34.4 Å². The van der Waals surface area contributed by atoms with Gasteiger partial charge in [0.15, 0.2) is 5.12 Å². The van der Waals surface area contributed by atoms with Crippen molar-refractivity contribution in [3.8, 4) is 0 Å². The minimum atomic E-state index is -0.816. The lowest BCUT2D eigenvalue weighted by molar-refractivity contribution is -0.129. The molecule has 4 rings (SSSR count).